The number of ether oxygens (including phenoxy) is 7. The molecule has 0 aromatic carbocycles. The molecule has 2 saturated heterocycles. The first-order valence-corrected chi connectivity index (χ1v) is 10.5. The molecule has 0 radical (unpaired) electrons. The molecule has 0 aromatic rings. The highest BCUT2D eigenvalue weighted by molar-refractivity contribution is 4.75. The van der Waals surface area contributed by atoms with Gasteiger partial charge in [-0.05, 0) is 12.8 Å². The van der Waals surface area contributed by atoms with Crippen LogP contribution >= 0.6 is 0 Å². The van der Waals surface area contributed by atoms with Crippen molar-refractivity contribution in [1.82, 2.24) is 0 Å². The fourth-order valence-electron chi connectivity index (χ4n) is 3.17. The van der Waals surface area contributed by atoms with Gasteiger partial charge in [0.15, 0.2) is 0 Å². The van der Waals surface area contributed by atoms with Crippen molar-refractivity contribution in [2.24, 2.45) is 11.8 Å². The van der Waals surface area contributed by atoms with E-state index in [0.717, 1.165) is 39.3 Å². The lowest BCUT2D eigenvalue weighted by atomic mass is 9.99. The molecule has 0 spiro atoms. The second kappa shape index (κ2) is 14.7. The molecule has 7 heteroatoms. The van der Waals surface area contributed by atoms with E-state index in [2.05, 4.69) is 13.8 Å². The molecule has 0 bridgehead atoms. The molecule has 0 aromatic heterocycles. The molecular weight excluding hydrogens is 352 g/mol. The maximum Gasteiger partial charge on any atom is 0.0704 e. The Hall–Kier alpha value is -0.280. The molecule has 2 atom stereocenters. The van der Waals surface area contributed by atoms with E-state index in [1.54, 1.807) is 0 Å². The molecule has 2 aliphatic rings. The summed E-state index contributed by atoms with van der Waals surface area (Å²) in [6, 6.07) is 0. The molecule has 2 fully saturated rings. The molecule has 0 saturated carbocycles. The Bertz CT molecular complexity index is 315. The normalized spacial score (nSPS) is 20.2. The molecule has 0 aliphatic carbocycles. The van der Waals surface area contributed by atoms with E-state index in [1.807, 2.05) is 0 Å². The van der Waals surface area contributed by atoms with Crippen molar-refractivity contribution in [3.8, 4) is 0 Å². The van der Waals surface area contributed by atoms with E-state index in [-0.39, 0.29) is 0 Å². The van der Waals surface area contributed by atoms with Crippen molar-refractivity contribution < 1.29 is 33.2 Å². The summed E-state index contributed by atoms with van der Waals surface area (Å²) in [4.78, 5) is 0. The molecule has 27 heavy (non-hydrogen) atoms. The Morgan fingerprint density at radius 3 is 1.19 bits per heavy atom. The maximum absolute atomic E-state index is 5.84. The predicted molar refractivity (Wildman–Crippen MR) is 101 cm³/mol. The van der Waals surface area contributed by atoms with Gasteiger partial charge in [0.1, 0.15) is 0 Å². The number of rotatable bonds is 18. The van der Waals surface area contributed by atoms with E-state index in [4.69, 9.17) is 33.2 Å². The Morgan fingerprint density at radius 1 is 0.593 bits per heavy atom. The van der Waals surface area contributed by atoms with Crippen LogP contribution in [-0.2, 0) is 33.2 Å². The smallest absolute Gasteiger partial charge is 0.0704 e. The third-order valence-corrected chi connectivity index (χ3v) is 5.05. The predicted octanol–water partition coefficient (Wildman–Crippen LogP) is 1.92. The number of hydrogen-bond acceptors (Lipinski definition) is 7. The first-order valence-electron chi connectivity index (χ1n) is 10.5. The van der Waals surface area contributed by atoms with Gasteiger partial charge in [-0.25, -0.2) is 0 Å². The van der Waals surface area contributed by atoms with E-state index in [1.165, 1.54) is 0 Å². The Kier molecular flexibility index (Phi) is 12.5. The molecule has 160 valence electrons. The minimum Gasteiger partial charge on any atom is -0.380 e. The number of hydrogen-bond donors (Lipinski definition) is 0. The fourth-order valence-corrected chi connectivity index (χ4v) is 3.17. The van der Waals surface area contributed by atoms with Crippen LogP contribution in [0, 0.1) is 11.8 Å². The zero-order chi connectivity index (χ0) is 19.2. The van der Waals surface area contributed by atoms with Crippen LogP contribution in [0.15, 0.2) is 0 Å². The first kappa shape index (κ1) is 23.0. The van der Waals surface area contributed by atoms with Gasteiger partial charge in [0, 0.05) is 11.8 Å². The highest BCUT2D eigenvalue weighted by Crippen LogP contribution is 2.20. The van der Waals surface area contributed by atoms with Gasteiger partial charge in [0.2, 0.25) is 0 Å². The third kappa shape index (κ3) is 9.17. The molecular formula is C20H38O7. The van der Waals surface area contributed by atoms with Gasteiger partial charge >= 0.3 is 0 Å². The monoisotopic (exact) mass is 390 g/mol. The zero-order valence-corrected chi connectivity index (χ0v) is 17.1. The summed E-state index contributed by atoms with van der Waals surface area (Å²) in [6.07, 6.45) is 2.65. The van der Waals surface area contributed by atoms with Crippen LogP contribution in [-0.4, -0.2) is 91.5 Å². The summed E-state index contributed by atoms with van der Waals surface area (Å²) < 4.78 is 38.7. The zero-order valence-electron chi connectivity index (χ0n) is 17.1. The van der Waals surface area contributed by atoms with Gasteiger partial charge in [-0.2, -0.15) is 0 Å². The third-order valence-electron chi connectivity index (χ3n) is 5.05. The van der Waals surface area contributed by atoms with Crippen LogP contribution in [0.2, 0.25) is 0 Å². The van der Waals surface area contributed by atoms with E-state index < -0.39 is 0 Å². The van der Waals surface area contributed by atoms with Gasteiger partial charge in [-0.1, -0.05) is 13.8 Å². The summed E-state index contributed by atoms with van der Waals surface area (Å²) in [5.74, 6) is 1.12. The Morgan fingerprint density at radius 2 is 0.926 bits per heavy atom. The Labute approximate surface area is 163 Å². The van der Waals surface area contributed by atoms with Gasteiger partial charge in [-0.3, -0.25) is 0 Å². The van der Waals surface area contributed by atoms with Crippen molar-refractivity contribution in [1.29, 1.82) is 0 Å². The lowest BCUT2D eigenvalue weighted by Crippen LogP contribution is -2.39. The average molecular weight is 391 g/mol. The first-order chi connectivity index (χ1) is 13.3. The quantitative estimate of drug-likeness (QED) is 0.331. The topological polar surface area (TPSA) is 64.6 Å². The molecule has 2 unspecified atom stereocenters. The molecule has 2 aliphatic heterocycles. The highest BCUT2D eigenvalue weighted by atomic mass is 16.6. The van der Waals surface area contributed by atoms with Crippen molar-refractivity contribution in [3.05, 3.63) is 0 Å². The van der Waals surface area contributed by atoms with Crippen molar-refractivity contribution in [2.75, 3.05) is 79.3 Å². The van der Waals surface area contributed by atoms with Gasteiger partial charge < -0.3 is 33.2 Å². The van der Waals surface area contributed by atoms with Crippen molar-refractivity contribution in [2.45, 2.75) is 38.9 Å². The van der Waals surface area contributed by atoms with Crippen molar-refractivity contribution >= 4 is 0 Å². The summed E-state index contributed by atoms with van der Waals surface area (Å²) >= 11 is 0. The molecule has 0 amide bonds. The van der Waals surface area contributed by atoms with E-state index >= 15 is 0 Å². The van der Waals surface area contributed by atoms with Gasteiger partial charge in [0.25, 0.3) is 0 Å². The lowest BCUT2D eigenvalue weighted by molar-refractivity contribution is -0.123. The molecule has 2 rings (SSSR count). The standard InChI is InChI=1S/C20H38O7/c1-3-19(17-13-24-14-17)26-11-9-22-7-5-21-6-8-23-10-12-27-20(4-2)18-15-25-16-18/h17-20H,3-16H2,1-2H3. The van der Waals surface area contributed by atoms with E-state index in [9.17, 15) is 0 Å². The van der Waals surface area contributed by atoms with Crippen LogP contribution < -0.4 is 0 Å². The average Bonchev–Trinajstić information content (AvgIpc) is 2.60. The summed E-state index contributed by atoms with van der Waals surface area (Å²) in [6.45, 7) is 12.4. The highest BCUT2D eigenvalue weighted by Gasteiger charge is 2.28. The van der Waals surface area contributed by atoms with Crippen LogP contribution in [0.1, 0.15) is 26.7 Å². The Balaban J connectivity index is 1.28. The van der Waals surface area contributed by atoms with Crippen LogP contribution in [0.4, 0.5) is 0 Å². The SMILES string of the molecule is CCC(OCCOCCOCCOCCOC(CC)C1COC1)C1COC1. The molecule has 0 N–H and O–H groups in total. The largest absolute Gasteiger partial charge is 0.380 e. The molecule has 2 heterocycles. The van der Waals surface area contributed by atoms with Crippen LogP contribution in [0.3, 0.4) is 0 Å². The van der Waals surface area contributed by atoms with E-state index in [0.29, 0.717) is 76.9 Å². The van der Waals surface area contributed by atoms with Gasteiger partial charge in [0.05, 0.1) is 91.5 Å². The van der Waals surface area contributed by atoms with Crippen LogP contribution in [0.5, 0.6) is 0 Å². The van der Waals surface area contributed by atoms with Crippen LogP contribution in [0.25, 0.3) is 0 Å². The maximum atomic E-state index is 5.84. The molecule has 7 nitrogen and oxygen atoms in total. The fraction of sp³-hybridized carbons (Fsp3) is 1.00. The summed E-state index contributed by atoms with van der Waals surface area (Å²) in [5, 5.41) is 0. The second-order valence-corrected chi connectivity index (χ2v) is 7.07. The minimum absolute atomic E-state index is 0.300. The minimum atomic E-state index is 0.300. The summed E-state index contributed by atoms with van der Waals surface area (Å²) in [7, 11) is 0. The van der Waals surface area contributed by atoms with Crippen molar-refractivity contribution in [3.63, 3.8) is 0 Å². The lowest BCUT2D eigenvalue weighted by Gasteiger charge is -2.33. The second-order valence-electron chi connectivity index (χ2n) is 7.07. The van der Waals surface area contributed by atoms with Gasteiger partial charge in [-0.15, -0.1) is 0 Å². The summed E-state index contributed by atoms with van der Waals surface area (Å²) in [5.41, 5.74) is 0.